The van der Waals surface area contributed by atoms with Gasteiger partial charge in [-0.05, 0) is 71.0 Å². The van der Waals surface area contributed by atoms with Gasteiger partial charge in [0, 0.05) is 25.2 Å². The quantitative estimate of drug-likeness (QED) is 0.371. The number of hydrogen-bond donors (Lipinski definition) is 3. The topological polar surface area (TPSA) is 39.3 Å². The Morgan fingerprint density at radius 1 is 0.767 bits per heavy atom. The molecule has 30 heavy (non-hydrogen) atoms. The van der Waals surface area contributed by atoms with E-state index in [0.29, 0.717) is 12.1 Å². The van der Waals surface area contributed by atoms with E-state index in [1.165, 1.54) is 36.9 Å². The van der Waals surface area contributed by atoms with Gasteiger partial charge in [0.25, 0.3) is 0 Å². The average molecular weight is 411 g/mol. The summed E-state index contributed by atoms with van der Waals surface area (Å²) in [5.41, 5.74) is 2.79. The third-order valence-electron chi connectivity index (χ3n) is 5.53. The molecular formula is C26H42N4. The van der Waals surface area contributed by atoms with Crippen LogP contribution in [-0.4, -0.2) is 64.3 Å². The summed E-state index contributed by atoms with van der Waals surface area (Å²) >= 11 is 0. The lowest BCUT2D eigenvalue weighted by molar-refractivity contribution is 0.366. The number of rotatable bonds is 16. The van der Waals surface area contributed by atoms with Gasteiger partial charge in [-0.1, -0.05) is 67.1 Å². The molecule has 0 saturated heterocycles. The zero-order valence-corrected chi connectivity index (χ0v) is 19.2. The minimum atomic E-state index is 0.428. The zero-order chi connectivity index (χ0) is 21.4. The molecule has 2 aromatic carbocycles. The van der Waals surface area contributed by atoms with E-state index in [1.54, 1.807) is 0 Å². The molecule has 0 saturated carbocycles. The van der Waals surface area contributed by atoms with E-state index in [9.17, 15) is 0 Å². The Kier molecular flexibility index (Phi) is 12.4. The minimum absolute atomic E-state index is 0.428. The summed E-state index contributed by atoms with van der Waals surface area (Å²) in [5.74, 6) is 0. The molecule has 0 aromatic heterocycles. The van der Waals surface area contributed by atoms with Gasteiger partial charge in [0.05, 0.1) is 0 Å². The molecule has 1 unspecified atom stereocenters. The smallest absolute Gasteiger partial charge is 0.0233 e. The molecule has 4 nitrogen and oxygen atoms in total. The van der Waals surface area contributed by atoms with Gasteiger partial charge in [0.1, 0.15) is 0 Å². The van der Waals surface area contributed by atoms with Gasteiger partial charge in [-0.15, -0.1) is 0 Å². The molecule has 0 heterocycles. The van der Waals surface area contributed by atoms with Crippen LogP contribution in [0.3, 0.4) is 0 Å². The van der Waals surface area contributed by atoms with Gasteiger partial charge in [-0.2, -0.15) is 0 Å². The monoisotopic (exact) mass is 410 g/mol. The Labute approximate surface area is 184 Å². The van der Waals surface area contributed by atoms with Crippen molar-refractivity contribution < 1.29 is 0 Å². The summed E-state index contributed by atoms with van der Waals surface area (Å²) in [4.78, 5) is 2.27. The maximum atomic E-state index is 3.84. The molecule has 0 spiro atoms. The first kappa shape index (κ1) is 24.5. The predicted octanol–water partition coefficient (Wildman–Crippen LogP) is 3.34. The molecule has 3 N–H and O–H groups in total. The Hall–Kier alpha value is -1.72. The van der Waals surface area contributed by atoms with Gasteiger partial charge in [-0.25, -0.2) is 0 Å². The highest BCUT2D eigenvalue weighted by Crippen LogP contribution is 2.06. The maximum Gasteiger partial charge on any atom is 0.0233 e. The molecule has 166 valence electrons. The van der Waals surface area contributed by atoms with Crippen molar-refractivity contribution in [3.05, 3.63) is 71.8 Å². The van der Waals surface area contributed by atoms with Crippen LogP contribution in [0.4, 0.5) is 0 Å². The van der Waals surface area contributed by atoms with Gasteiger partial charge in [0.2, 0.25) is 0 Å². The van der Waals surface area contributed by atoms with Crippen molar-refractivity contribution in [1.82, 2.24) is 20.9 Å². The van der Waals surface area contributed by atoms with Gasteiger partial charge in [-0.3, -0.25) is 0 Å². The number of likely N-dealkylation sites (N-methyl/N-ethyl adjacent to an activating group) is 1. The van der Waals surface area contributed by atoms with Crippen molar-refractivity contribution >= 4 is 0 Å². The number of hydrogen-bond acceptors (Lipinski definition) is 4. The van der Waals surface area contributed by atoms with Crippen LogP contribution in [-0.2, 0) is 12.8 Å². The molecule has 0 aliphatic rings. The number of nitrogens with one attached hydrogen (secondary N) is 3. The van der Waals surface area contributed by atoms with Crippen LogP contribution < -0.4 is 16.0 Å². The van der Waals surface area contributed by atoms with Gasteiger partial charge in [0.15, 0.2) is 0 Å². The van der Waals surface area contributed by atoms with E-state index in [1.807, 2.05) is 7.05 Å². The normalized spacial score (nSPS) is 13.5. The van der Waals surface area contributed by atoms with Crippen LogP contribution in [0.1, 0.15) is 30.4 Å². The Morgan fingerprint density at radius 2 is 1.43 bits per heavy atom. The molecule has 2 rings (SSSR count). The van der Waals surface area contributed by atoms with Crippen LogP contribution in [0.2, 0.25) is 0 Å². The molecule has 0 bridgehead atoms. The maximum absolute atomic E-state index is 3.84. The summed E-state index contributed by atoms with van der Waals surface area (Å²) in [6.07, 6.45) is 5.86. The highest BCUT2D eigenvalue weighted by Gasteiger charge is 2.13. The first-order chi connectivity index (χ1) is 14.7. The Morgan fingerprint density at radius 3 is 2.07 bits per heavy atom. The van der Waals surface area contributed by atoms with Crippen molar-refractivity contribution in [3.8, 4) is 0 Å². The lowest BCUT2D eigenvalue weighted by Gasteiger charge is -2.24. The third kappa shape index (κ3) is 10.9. The van der Waals surface area contributed by atoms with Crippen LogP contribution in [0, 0.1) is 0 Å². The fraction of sp³-hybridized carbons (Fsp3) is 0.538. The summed E-state index contributed by atoms with van der Waals surface area (Å²) < 4.78 is 0. The van der Waals surface area contributed by atoms with Crippen molar-refractivity contribution in [2.45, 2.75) is 44.2 Å². The van der Waals surface area contributed by atoms with Crippen LogP contribution in [0.25, 0.3) is 0 Å². The van der Waals surface area contributed by atoms with Crippen molar-refractivity contribution in [1.29, 1.82) is 0 Å². The molecule has 0 radical (unpaired) electrons. The Balaban J connectivity index is 1.84. The summed E-state index contributed by atoms with van der Waals surface area (Å²) in [6.45, 7) is 4.18. The van der Waals surface area contributed by atoms with Gasteiger partial charge >= 0.3 is 0 Å². The summed E-state index contributed by atoms with van der Waals surface area (Å²) in [7, 11) is 6.35. The second-order valence-corrected chi connectivity index (χ2v) is 8.54. The van der Waals surface area contributed by atoms with E-state index in [-0.39, 0.29) is 0 Å². The molecule has 0 fully saturated rings. The third-order valence-corrected chi connectivity index (χ3v) is 5.53. The zero-order valence-electron chi connectivity index (χ0n) is 19.2. The van der Waals surface area contributed by atoms with E-state index in [0.717, 1.165) is 32.5 Å². The van der Waals surface area contributed by atoms with E-state index < -0.39 is 0 Å². The van der Waals surface area contributed by atoms with E-state index >= 15 is 0 Å². The second kappa shape index (κ2) is 15.1. The van der Waals surface area contributed by atoms with Crippen LogP contribution in [0.5, 0.6) is 0 Å². The molecule has 0 aliphatic heterocycles. The van der Waals surface area contributed by atoms with Crippen molar-refractivity contribution in [3.63, 3.8) is 0 Å². The van der Waals surface area contributed by atoms with Gasteiger partial charge < -0.3 is 20.9 Å². The molecule has 0 amide bonds. The molecule has 2 aromatic rings. The highest BCUT2D eigenvalue weighted by atomic mass is 15.0. The second-order valence-electron chi connectivity index (χ2n) is 8.54. The van der Waals surface area contributed by atoms with Crippen LogP contribution >= 0.6 is 0 Å². The first-order valence-corrected chi connectivity index (χ1v) is 11.5. The van der Waals surface area contributed by atoms with Crippen LogP contribution in [0.15, 0.2) is 60.7 Å². The van der Waals surface area contributed by atoms with Crippen molar-refractivity contribution in [2.75, 3.05) is 47.3 Å². The van der Waals surface area contributed by atoms with Crippen molar-refractivity contribution in [2.24, 2.45) is 0 Å². The molecular weight excluding hydrogens is 368 g/mol. The van der Waals surface area contributed by atoms with E-state index in [2.05, 4.69) is 95.6 Å². The summed E-state index contributed by atoms with van der Waals surface area (Å²) in [6, 6.07) is 22.5. The lowest BCUT2D eigenvalue weighted by atomic mass is 10.0. The lowest BCUT2D eigenvalue weighted by Crippen LogP contribution is -2.47. The molecule has 4 heteroatoms. The SMILES string of the molecule is CNCC(CCCCN(C)C)NC[C@H](Cc1ccccc1)NCCc1ccccc1. The molecule has 0 aliphatic carbocycles. The Bertz CT molecular complexity index is 645. The summed E-state index contributed by atoms with van der Waals surface area (Å²) in [5, 5.41) is 11.0. The largest absolute Gasteiger partial charge is 0.318 e. The first-order valence-electron chi connectivity index (χ1n) is 11.5. The fourth-order valence-corrected chi connectivity index (χ4v) is 3.83. The average Bonchev–Trinajstić information content (AvgIpc) is 2.76. The standard InChI is InChI=1S/C26H42N4/c1-27-21-25(16-10-11-19-30(2)3)29-22-26(20-24-14-8-5-9-15-24)28-18-17-23-12-6-4-7-13-23/h4-9,12-15,25-29H,10-11,16-22H2,1-3H3/t25?,26-/m0/s1. The predicted molar refractivity (Wildman–Crippen MR) is 130 cm³/mol. The fourth-order valence-electron chi connectivity index (χ4n) is 3.83. The number of benzene rings is 2. The number of unbranched alkanes of at least 4 members (excludes halogenated alkanes) is 1. The van der Waals surface area contributed by atoms with E-state index in [4.69, 9.17) is 0 Å². The molecule has 2 atom stereocenters. The number of nitrogens with zero attached hydrogens (tertiary/aromatic N) is 1. The minimum Gasteiger partial charge on any atom is -0.318 e. The highest BCUT2D eigenvalue weighted by molar-refractivity contribution is 5.17.